The van der Waals surface area contributed by atoms with Crippen molar-refractivity contribution in [3.8, 4) is 11.5 Å². The Morgan fingerprint density at radius 1 is 0.900 bits per heavy atom. The van der Waals surface area contributed by atoms with Crippen LogP contribution in [-0.2, 0) is 4.79 Å². The van der Waals surface area contributed by atoms with Crippen molar-refractivity contribution >= 4 is 14.5 Å². The molecule has 0 fully saturated rings. The molecule has 1 atom stereocenters. The van der Waals surface area contributed by atoms with E-state index in [0.717, 1.165) is 0 Å². The van der Waals surface area contributed by atoms with Crippen molar-refractivity contribution in [1.82, 2.24) is 5.09 Å². The molecule has 0 heterocycles. The van der Waals surface area contributed by atoms with Crippen molar-refractivity contribution < 1.29 is 40.9 Å². The molecule has 1 unspecified atom stereocenters. The van der Waals surface area contributed by atoms with Crippen LogP contribution >= 0.6 is 8.53 Å². The first kappa shape index (κ1) is 25.6. The van der Waals surface area contributed by atoms with Gasteiger partial charge in [-0.1, -0.05) is 51.3 Å². The van der Waals surface area contributed by atoms with Crippen LogP contribution in [0.15, 0.2) is 30.3 Å². The molecule has 0 spiro atoms. The molecule has 0 aromatic heterocycles. The van der Waals surface area contributed by atoms with Gasteiger partial charge in [0.2, 0.25) is 34.8 Å². The van der Waals surface area contributed by atoms with Crippen molar-refractivity contribution in [3.05, 3.63) is 59.4 Å². The van der Waals surface area contributed by atoms with Crippen LogP contribution in [0.4, 0.5) is 22.0 Å². The van der Waals surface area contributed by atoms with Gasteiger partial charge in [0.15, 0.2) is 0 Å². The summed E-state index contributed by atoms with van der Waals surface area (Å²) in [6, 6.07) is 7.54. The highest BCUT2D eigenvalue weighted by atomic mass is 31.2. The summed E-state index contributed by atoms with van der Waals surface area (Å²) in [4.78, 5) is 10.6. The number of aliphatic carboxylic acids is 1. The average molecular weight is 453 g/mol. The summed E-state index contributed by atoms with van der Waals surface area (Å²) >= 11 is 0. The minimum atomic E-state index is -2.58. The van der Waals surface area contributed by atoms with E-state index >= 15 is 0 Å². The molecule has 30 heavy (non-hydrogen) atoms. The van der Waals surface area contributed by atoms with Gasteiger partial charge in [0.25, 0.3) is 0 Å². The molecular weight excluding hydrogens is 432 g/mol. The number of carboxylic acid groups (broad SMARTS) is 1. The van der Waals surface area contributed by atoms with Gasteiger partial charge in [-0.3, -0.25) is 4.79 Å². The Morgan fingerprint density at radius 3 is 1.83 bits per heavy atom. The number of carboxylic acids is 1. The third kappa shape index (κ3) is 7.76. The minimum Gasteiger partial charge on any atom is -0.480 e. The number of hydrogen-bond acceptors (Lipinski definition) is 4. The van der Waals surface area contributed by atoms with Crippen molar-refractivity contribution in [1.29, 1.82) is 0 Å². The normalized spacial score (nSPS) is 11.3. The number of carbonyl (C=O) groups is 1. The first-order valence-electron chi connectivity index (χ1n) is 8.90. The van der Waals surface area contributed by atoms with Crippen LogP contribution in [0.5, 0.6) is 11.5 Å². The summed E-state index contributed by atoms with van der Waals surface area (Å²) in [5.74, 6) is -13.9. The van der Waals surface area contributed by atoms with Crippen LogP contribution in [0.1, 0.15) is 33.1 Å². The molecule has 2 N–H and O–H groups in total. The van der Waals surface area contributed by atoms with Gasteiger partial charge in [-0.05, 0) is 12.1 Å². The van der Waals surface area contributed by atoms with Crippen molar-refractivity contribution in [2.75, 3.05) is 6.54 Å². The predicted octanol–water partition coefficient (Wildman–Crippen LogP) is 5.94. The number of nitrogens with one attached hydrogen (secondary N) is 1. The van der Waals surface area contributed by atoms with E-state index in [1.807, 2.05) is 0 Å². The summed E-state index contributed by atoms with van der Waals surface area (Å²) in [5.41, 5.74) is 0. The first-order chi connectivity index (χ1) is 14.2. The lowest BCUT2D eigenvalue weighted by molar-refractivity contribution is -0.135. The second kappa shape index (κ2) is 13.0. The molecule has 0 saturated heterocycles. The smallest absolute Gasteiger partial charge is 0.382 e. The Morgan fingerprint density at radius 2 is 1.40 bits per heavy atom. The van der Waals surface area contributed by atoms with Crippen LogP contribution < -0.4 is 14.1 Å². The van der Waals surface area contributed by atoms with E-state index in [-0.39, 0.29) is 5.75 Å². The lowest BCUT2D eigenvalue weighted by atomic mass is 10.3. The fourth-order valence-electron chi connectivity index (χ4n) is 1.89. The highest BCUT2D eigenvalue weighted by molar-refractivity contribution is 7.45. The molecule has 2 rings (SSSR count). The van der Waals surface area contributed by atoms with E-state index in [9.17, 15) is 26.7 Å². The zero-order valence-corrected chi connectivity index (χ0v) is 17.1. The van der Waals surface area contributed by atoms with Gasteiger partial charge in [0, 0.05) is 0 Å². The highest BCUT2D eigenvalue weighted by Gasteiger charge is 2.30. The summed E-state index contributed by atoms with van der Waals surface area (Å²) in [5, 5.41) is 10.8. The molecule has 0 aliphatic carbocycles. The molecule has 0 radical (unpaired) electrons. The van der Waals surface area contributed by atoms with Gasteiger partial charge < -0.3 is 14.2 Å². The monoisotopic (exact) mass is 453 g/mol. The molecule has 0 amide bonds. The van der Waals surface area contributed by atoms with Crippen molar-refractivity contribution in [2.45, 2.75) is 33.1 Å². The lowest BCUT2D eigenvalue weighted by Gasteiger charge is -2.19. The highest BCUT2D eigenvalue weighted by Crippen LogP contribution is 2.40. The Kier molecular flexibility index (Phi) is 11.1. The number of benzene rings is 2. The number of halogens is 5. The maximum Gasteiger partial charge on any atom is 0.382 e. The summed E-state index contributed by atoms with van der Waals surface area (Å²) in [6.07, 6.45) is 4.08. The second-order valence-electron chi connectivity index (χ2n) is 5.73. The van der Waals surface area contributed by atoms with E-state index < -0.39 is 55.9 Å². The van der Waals surface area contributed by atoms with Crippen LogP contribution in [-0.4, -0.2) is 17.6 Å². The van der Waals surface area contributed by atoms with Gasteiger partial charge >= 0.3 is 14.5 Å². The molecule has 11 heteroatoms. The zero-order chi connectivity index (χ0) is 22.7. The molecule has 0 saturated carbocycles. The molecular formula is C19H21F5NO4P. The van der Waals surface area contributed by atoms with Crippen molar-refractivity contribution in [3.63, 3.8) is 0 Å². The van der Waals surface area contributed by atoms with Crippen LogP contribution in [0.3, 0.4) is 0 Å². The fourth-order valence-corrected chi connectivity index (χ4v) is 2.96. The number of para-hydroxylation sites is 1. The topological polar surface area (TPSA) is 67.8 Å². The summed E-state index contributed by atoms with van der Waals surface area (Å²) in [7, 11) is -2.58. The third-order valence-corrected chi connectivity index (χ3v) is 4.48. The van der Waals surface area contributed by atoms with E-state index in [1.54, 1.807) is 18.2 Å². The zero-order valence-electron chi connectivity index (χ0n) is 16.2. The largest absolute Gasteiger partial charge is 0.480 e. The number of hydrogen-bond donors (Lipinski definition) is 2. The quantitative estimate of drug-likeness (QED) is 0.213. The summed E-state index contributed by atoms with van der Waals surface area (Å²) < 4.78 is 76.7. The van der Waals surface area contributed by atoms with Gasteiger partial charge in [-0.15, -0.1) is 0 Å². The van der Waals surface area contributed by atoms with E-state index in [2.05, 4.69) is 18.9 Å². The lowest BCUT2D eigenvalue weighted by Crippen LogP contribution is -2.22. The Hall–Kier alpha value is -2.45. The minimum absolute atomic E-state index is 0.121. The van der Waals surface area contributed by atoms with E-state index in [4.69, 9.17) is 14.2 Å². The fraction of sp³-hybridized carbons (Fsp3) is 0.316. The molecule has 2 aromatic rings. The average Bonchev–Trinajstić information content (AvgIpc) is 2.73. The standard InChI is InChI=1S/C14H9F5NO4P.C5H12/c15-9-10(16)12(18)14(13(19)11(9)17)24-25(20-6-8(21)22)23-7-4-2-1-3-5-7;1-3-5-4-2/h1-5,20H,6H2,(H,21,22);3-5H2,1-2H3. The Bertz CT molecular complexity index is 795. The van der Waals surface area contributed by atoms with Gasteiger partial charge in [0.05, 0.1) is 0 Å². The van der Waals surface area contributed by atoms with Crippen molar-refractivity contribution in [2.24, 2.45) is 0 Å². The molecule has 2 aromatic carbocycles. The molecule has 0 aliphatic rings. The molecule has 0 aliphatic heterocycles. The van der Waals surface area contributed by atoms with Gasteiger partial charge in [0.1, 0.15) is 12.3 Å². The van der Waals surface area contributed by atoms with Crippen LogP contribution in [0, 0.1) is 29.1 Å². The Balaban J connectivity index is 0.000000804. The van der Waals surface area contributed by atoms with E-state index in [1.165, 1.54) is 31.4 Å². The SMILES string of the molecule is CCCCC.O=C(O)CNP(Oc1ccccc1)Oc1c(F)c(F)c(F)c(F)c1F. The second-order valence-corrected chi connectivity index (χ2v) is 6.93. The molecule has 5 nitrogen and oxygen atoms in total. The first-order valence-corrected chi connectivity index (χ1v) is 10.1. The predicted molar refractivity (Wildman–Crippen MR) is 102 cm³/mol. The molecule has 166 valence electrons. The maximum absolute atomic E-state index is 13.7. The van der Waals surface area contributed by atoms with Crippen LogP contribution in [0.25, 0.3) is 0 Å². The Labute approximate surface area is 171 Å². The number of rotatable bonds is 9. The maximum atomic E-state index is 13.7. The van der Waals surface area contributed by atoms with Gasteiger partial charge in [-0.25, -0.2) is 18.3 Å². The van der Waals surface area contributed by atoms with Crippen LogP contribution in [0.2, 0.25) is 0 Å². The molecule has 0 bridgehead atoms. The third-order valence-electron chi connectivity index (χ3n) is 3.34. The summed E-state index contributed by atoms with van der Waals surface area (Å²) in [6.45, 7) is 3.68. The van der Waals surface area contributed by atoms with E-state index in [0.29, 0.717) is 0 Å². The van der Waals surface area contributed by atoms with Gasteiger partial charge in [-0.2, -0.15) is 8.78 Å². The number of unbranched alkanes of at least 4 members (excludes halogenated alkanes) is 2.